The third-order valence-electron chi connectivity index (χ3n) is 1.58. The van der Waals surface area contributed by atoms with Crippen LogP contribution >= 0.6 is 0 Å². The highest BCUT2D eigenvalue weighted by Crippen LogP contribution is 1.97. The van der Waals surface area contributed by atoms with Crippen molar-refractivity contribution in [2.45, 2.75) is 6.54 Å². The Morgan fingerprint density at radius 3 is 2.67 bits per heavy atom. The average molecular weight is 166 g/mol. The van der Waals surface area contributed by atoms with Gasteiger partial charge in [-0.05, 0) is 7.05 Å². The SMILES string of the molecule is CN(CCN)Cc1cncnc1. The van der Waals surface area contributed by atoms with Gasteiger partial charge in [-0.1, -0.05) is 0 Å². The molecule has 0 aliphatic carbocycles. The summed E-state index contributed by atoms with van der Waals surface area (Å²) < 4.78 is 0. The van der Waals surface area contributed by atoms with Crippen LogP contribution in [0.3, 0.4) is 0 Å². The number of rotatable bonds is 4. The molecule has 0 aromatic carbocycles. The molecule has 4 heteroatoms. The minimum absolute atomic E-state index is 0.685. The van der Waals surface area contributed by atoms with Crippen molar-refractivity contribution in [3.63, 3.8) is 0 Å². The lowest BCUT2D eigenvalue weighted by Gasteiger charge is -2.14. The standard InChI is InChI=1S/C8H14N4/c1-12(3-2-9)6-8-4-10-7-11-5-8/h4-5,7H,2-3,6,9H2,1H3. The molecule has 0 radical (unpaired) electrons. The predicted molar refractivity (Wildman–Crippen MR) is 47.4 cm³/mol. The van der Waals surface area contributed by atoms with E-state index in [0.717, 1.165) is 18.7 Å². The number of nitrogens with zero attached hydrogens (tertiary/aromatic N) is 3. The van der Waals surface area contributed by atoms with Crippen molar-refractivity contribution < 1.29 is 0 Å². The van der Waals surface area contributed by atoms with Crippen molar-refractivity contribution in [1.29, 1.82) is 0 Å². The molecular weight excluding hydrogens is 152 g/mol. The summed E-state index contributed by atoms with van der Waals surface area (Å²) in [6.07, 6.45) is 5.17. The Kier molecular flexibility index (Phi) is 3.63. The van der Waals surface area contributed by atoms with Crippen LogP contribution in [0.1, 0.15) is 5.56 Å². The minimum atomic E-state index is 0.685. The van der Waals surface area contributed by atoms with Gasteiger partial charge in [0.05, 0.1) is 0 Å². The van der Waals surface area contributed by atoms with Crippen LogP contribution in [0.5, 0.6) is 0 Å². The molecule has 0 unspecified atom stereocenters. The quantitative estimate of drug-likeness (QED) is 0.677. The van der Waals surface area contributed by atoms with Gasteiger partial charge in [-0.3, -0.25) is 0 Å². The zero-order valence-corrected chi connectivity index (χ0v) is 7.27. The summed E-state index contributed by atoms with van der Waals surface area (Å²) in [5, 5.41) is 0. The molecule has 12 heavy (non-hydrogen) atoms. The second-order valence-corrected chi connectivity index (χ2v) is 2.77. The Hall–Kier alpha value is -1.00. The largest absolute Gasteiger partial charge is 0.329 e. The molecule has 66 valence electrons. The van der Waals surface area contributed by atoms with Gasteiger partial charge >= 0.3 is 0 Å². The first-order valence-corrected chi connectivity index (χ1v) is 3.95. The van der Waals surface area contributed by atoms with Gasteiger partial charge in [0.25, 0.3) is 0 Å². The maximum Gasteiger partial charge on any atom is 0.115 e. The fourth-order valence-corrected chi connectivity index (χ4v) is 1.02. The van der Waals surface area contributed by atoms with Gasteiger partial charge in [0, 0.05) is 37.6 Å². The van der Waals surface area contributed by atoms with E-state index in [-0.39, 0.29) is 0 Å². The Balaban J connectivity index is 2.41. The number of likely N-dealkylation sites (N-methyl/N-ethyl adjacent to an activating group) is 1. The van der Waals surface area contributed by atoms with E-state index in [9.17, 15) is 0 Å². The molecule has 0 saturated carbocycles. The monoisotopic (exact) mass is 166 g/mol. The molecule has 1 aromatic heterocycles. The molecule has 0 aliphatic heterocycles. The number of hydrogen-bond donors (Lipinski definition) is 1. The van der Waals surface area contributed by atoms with Crippen molar-refractivity contribution in [2.75, 3.05) is 20.1 Å². The van der Waals surface area contributed by atoms with Gasteiger partial charge in [0.1, 0.15) is 6.33 Å². The smallest absolute Gasteiger partial charge is 0.115 e. The highest BCUT2D eigenvalue weighted by Gasteiger charge is 1.97. The number of nitrogens with two attached hydrogens (primary N) is 1. The van der Waals surface area contributed by atoms with Crippen LogP contribution < -0.4 is 5.73 Å². The van der Waals surface area contributed by atoms with Crippen molar-refractivity contribution >= 4 is 0 Å². The second kappa shape index (κ2) is 4.79. The van der Waals surface area contributed by atoms with Gasteiger partial charge in [0.2, 0.25) is 0 Å². The topological polar surface area (TPSA) is 55.0 Å². The molecule has 0 spiro atoms. The maximum atomic E-state index is 5.41. The highest BCUT2D eigenvalue weighted by atomic mass is 15.1. The zero-order chi connectivity index (χ0) is 8.81. The van der Waals surface area contributed by atoms with E-state index in [1.54, 1.807) is 0 Å². The lowest BCUT2D eigenvalue weighted by Crippen LogP contribution is -2.25. The first-order valence-electron chi connectivity index (χ1n) is 3.95. The molecule has 4 nitrogen and oxygen atoms in total. The van der Waals surface area contributed by atoms with Crippen LogP contribution in [-0.2, 0) is 6.54 Å². The van der Waals surface area contributed by atoms with E-state index >= 15 is 0 Å². The summed E-state index contributed by atoms with van der Waals surface area (Å²) in [4.78, 5) is 10.00. The van der Waals surface area contributed by atoms with Crippen LogP contribution in [0, 0.1) is 0 Å². The van der Waals surface area contributed by atoms with Crippen molar-refractivity contribution in [3.05, 3.63) is 24.3 Å². The van der Waals surface area contributed by atoms with Gasteiger partial charge in [-0.15, -0.1) is 0 Å². The van der Waals surface area contributed by atoms with E-state index in [1.807, 2.05) is 19.4 Å². The predicted octanol–water partition coefficient (Wildman–Crippen LogP) is -0.133. The van der Waals surface area contributed by atoms with E-state index in [4.69, 9.17) is 5.73 Å². The molecule has 2 N–H and O–H groups in total. The number of aromatic nitrogens is 2. The van der Waals surface area contributed by atoms with E-state index in [1.165, 1.54) is 6.33 Å². The first-order chi connectivity index (χ1) is 5.83. The van der Waals surface area contributed by atoms with Gasteiger partial charge in [0.15, 0.2) is 0 Å². The minimum Gasteiger partial charge on any atom is -0.329 e. The molecule has 0 bridgehead atoms. The van der Waals surface area contributed by atoms with Crippen LogP contribution in [-0.4, -0.2) is 35.0 Å². The maximum absolute atomic E-state index is 5.41. The van der Waals surface area contributed by atoms with Crippen LogP contribution in [0.2, 0.25) is 0 Å². The lowest BCUT2D eigenvalue weighted by molar-refractivity contribution is 0.335. The summed E-state index contributed by atoms with van der Waals surface area (Å²) in [6, 6.07) is 0. The lowest BCUT2D eigenvalue weighted by atomic mass is 10.3. The zero-order valence-electron chi connectivity index (χ0n) is 7.27. The second-order valence-electron chi connectivity index (χ2n) is 2.77. The molecule has 0 fully saturated rings. The van der Waals surface area contributed by atoms with E-state index in [0.29, 0.717) is 6.54 Å². The summed E-state index contributed by atoms with van der Waals surface area (Å²) in [6.45, 7) is 2.44. The summed E-state index contributed by atoms with van der Waals surface area (Å²) in [5.74, 6) is 0. The Labute approximate surface area is 72.4 Å². The molecular formula is C8H14N4. The third kappa shape index (κ3) is 2.94. The van der Waals surface area contributed by atoms with Crippen LogP contribution in [0.15, 0.2) is 18.7 Å². The summed E-state index contributed by atoms with van der Waals surface area (Å²) in [7, 11) is 2.03. The fraction of sp³-hybridized carbons (Fsp3) is 0.500. The molecule has 1 aromatic rings. The molecule has 0 atom stereocenters. The average Bonchev–Trinajstić information content (AvgIpc) is 2.06. The van der Waals surface area contributed by atoms with E-state index in [2.05, 4.69) is 14.9 Å². The van der Waals surface area contributed by atoms with Crippen LogP contribution in [0.25, 0.3) is 0 Å². The molecule has 0 saturated heterocycles. The Morgan fingerprint density at radius 2 is 2.08 bits per heavy atom. The number of hydrogen-bond acceptors (Lipinski definition) is 4. The van der Waals surface area contributed by atoms with Gasteiger partial charge in [-0.25, -0.2) is 9.97 Å². The van der Waals surface area contributed by atoms with Crippen molar-refractivity contribution in [3.8, 4) is 0 Å². The third-order valence-corrected chi connectivity index (χ3v) is 1.58. The highest BCUT2D eigenvalue weighted by molar-refractivity contribution is 5.01. The fourth-order valence-electron chi connectivity index (χ4n) is 1.02. The Bertz CT molecular complexity index is 212. The summed E-state index contributed by atoms with van der Waals surface area (Å²) >= 11 is 0. The van der Waals surface area contributed by atoms with Crippen LogP contribution in [0.4, 0.5) is 0 Å². The molecule has 1 rings (SSSR count). The molecule has 0 amide bonds. The van der Waals surface area contributed by atoms with Gasteiger partial charge < -0.3 is 10.6 Å². The normalized spacial score (nSPS) is 10.6. The Morgan fingerprint density at radius 1 is 1.42 bits per heavy atom. The first kappa shape index (κ1) is 9.09. The molecule has 1 heterocycles. The van der Waals surface area contributed by atoms with Gasteiger partial charge in [-0.2, -0.15) is 0 Å². The van der Waals surface area contributed by atoms with Crippen molar-refractivity contribution in [1.82, 2.24) is 14.9 Å². The van der Waals surface area contributed by atoms with Crippen molar-refractivity contribution in [2.24, 2.45) is 5.73 Å². The summed E-state index contributed by atoms with van der Waals surface area (Å²) in [5.41, 5.74) is 6.53. The van der Waals surface area contributed by atoms with E-state index < -0.39 is 0 Å². The molecule has 0 aliphatic rings.